The number of hydrogen-bond donors (Lipinski definition) is 1. The molecule has 3 saturated heterocycles. The van der Waals surface area contributed by atoms with E-state index in [1.165, 1.54) is 0 Å². The molecule has 29 heavy (non-hydrogen) atoms. The highest BCUT2D eigenvalue weighted by molar-refractivity contribution is 7.91. The van der Waals surface area contributed by atoms with Gasteiger partial charge >= 0.3 is 6.03 Å². The fraction of sp³-hybridized carbons (Fsp3) is 0.632. The molecule has 158 valence electrons. The maximum Gasteiger partial charge on any atom is 0.322 e. The van der Waals surface area contributed by atoms with Crippen molar-refractivity contribution in [1.29, 1.82) is 0 Å². The van der Waals surface area contributed by atoms with Crippen molar-refractivity contribution in [1.82, 2.24) is 14.8 Å². The van der Waals surface area contributed by atoms with E-state index >= 15 is 0 Å². The maximum atomic E-state index is 12.7. The van der Waals surface area contributed by atoms with E-state index < -0.39 is 15.8 Å². The Bertz CT molecular complexity index is 876. The summed E-state index contributed by atoms with van der Waals surface area (Å²) in [6.45, 7) is 3.59. The summed E-state index contributed by atoms with van der Waals surface area (Å²) in [6.07, 6.45) is 4.39. The number of sulfone groups is 1. The molecule has 1 atom stereocenters. The summed E-state index contributed by atoms with van der Waals surface area (Å²) in [6, 6.07) is 3.47. The second kappa shape index (κ2) is 8.17. The molecular weight excluding hydrogens is 394 g/mol. The van der Waals surface area contributed by atoms with Crippen LogP contribution < -0.4 is 10.2 Å². The number of anilines is 2. The second-order valence-corrected chi connectivity index (χ2v) is 10.1. The lowest BCUT2D eigenvalue weighted by Gasteiger charge is -2.36. The van der Waals surface area contributed by atoms with Crippen molar-refractivity contribution in [3.63, 3.8) is 0 Å². The van der Waals surface area contributed by atoms with Crippen LogP contribution in [0.4, 0.5) is 16.3 Å². The largest absolute Gasteiger partial charge is 0.355 e. The van der Waals surface area contributed by atoms with Gasteiger partial charge in [0, 0.05) is 45.5 Å². The highest BCUT2D eigenvalue weighted by Gasteiger charge is 2.36. The Balaban J connectivity index is 1.32. The van der Waals surface area contributed by atoms with Crippen LogP contribution in [0.3, 0.4) is 0 Å². The molecule has 0 bridgehead atoms. The zero-order valence-corrected chi connectivity index (χ0v) is 17.2. The van der Waals surface area contributed by atoms with Crippen molar-refractivity contribution in [3.8, 4) is 0 Å². The van der Waals surface area contributed by atoms with Crippen LogP contribution in [-0.2, 0) is 14.6 Å². The zero-order valence-electron chi connectivity index (χ0n) is 16.4. The minimum atomic E-state index is -3.08. The Morgan fingerprint density at radius 2 is 1.72 bits per heavy atom. The van der Waals surface area contributed by atoms with Crippen LogP contribution in [0.25, 0.3) is 0 Å². The molecule has 0 aromatic carbocycles. The highest BCUT2D eigenvalue weighted by Crippen LogP contribution is 2.26. The fourth-order valence-corrected chi connectivity index (χ4v) is 5.98. The lowest BCUT2D eigenvalue weighted by atomic mass is 10.1. The third-order valence-electron chi connectivity index (χ3n) is 5.89. The third-order valence-corrected chi connectivity index (χ3v) is 7.66. The SMILES string of the molecule is O=C(Nc1cccnc1N1CCCC1)N1CCN(C(=O)C2CCS(=O)(=O)C2)CC1. The number of carbonyl (C=O) groups excluding carboxylic acids is 2. The van der Waals surface area contributed by atoms with E-state index in [0.29, 0.717) is 38.3 Å². The van der Waals surface area contributed by atoms with E-state index in [0.717, 1.165) is 31.7 Å². The topological polar surface area (TPSA) is 103 Å². The molecule has 9 nitrogen and oxygen atoms in total. The van der Waals surface area contributed by atoms with Gasteiger partial charge in [-0.15, -0.1) is 0 Å². The van der Waals surface area contributed by atoms with Crippen LogP contribution >= 0.6 is 0 Å². The van der Waals surface area contributed by atoms with E-state index in [4.69, 9.17) is 0 Å². The normalized spacial score (nSPS) is 24.0. The van der Waals surface area contributed by atoms with Crippen molar-refractivity contribution >= 4 is 33.3 Å². The standard InChI is InChI=1S/C19H27N5O4S/c25-18(15-5-13-29(27,28)14-15)23-9-11-24(12-10-23)19(26)21-16-4-3-6-20-17(16)22-7-1-2-8-22/h3-4,6,15H,1-2,5,7-14H2,(H,21,26). The molecule has 4 rings (SSSR count). The Morgan fingerprint density at radius 1 is 1.03 bits per heavy atom. The highest BCUT2D eigenvalue weighted by atomic mass is 32.2. The van der Waals surface area contributed by atoms with Gasteiger partial charge in [0.1, 0.15) is 0 Å². The minimum absolute atomic E-state index is 0.0488. The Kier molecular flexibility index (Phi) is 5.62. The molecule has 0 saturated carbocycles. The number of carbonyl (C=O) groups is 2. The molecule has 0 radical (unpaired) electrons. The van der Waals surface area contributed by atoms with Crippen LogP contribution in [0.5, 0.6) is 0 Å². The summed E-state index contributed by atoms with van der Waals surface area (Å²) in [5.74, 6) is 0.311. The molecule has 0 spiro atoms. The molecule has 1 unspecified atom stereocenters. The van der Waals surface area contributed by atoms with Gasteiger partial charge in [-0.2, -0.15) is 0 Å². The lowest BCUT2D eigenvalue weighted by molar-refractivity contribution is -0.136. The van der Waals surface area contributed by atoms with Gasteiger partial charge in [0.25, 0.3) is 0 Å². The van der Waals surface area contributed by atoms with Crippen molar-refractivity contribution in [3.05, 3.63) is 18.3 Å². The van der Waals surface area contributed by atoms with Crippen molar-refractivity contribution < 1.29 is 18.0 Å². The lowest BCUT2D eigenvalue weighted by Crippen LogP contribution is -2.53. The molecule has 1 aromatic rings. The van der Waals surface area contributed by atoms with Crippen LogP contribution in [0.1, 0.15) is 19.3 Å². The van der Waals surface area contributed by atoms with E-state index in [2.05, 4.69) is 15.2 Å². The predicted molar refractivity (Wildman–Crippen MR) is 110 cm³/mol. The van der Waals surface area contributed by atoms with Gasteiger partial charge in [0.2, 0.25) is 5.91 Å². The quantitative estimate of drug-likeness (QED) is 0.774. The van der Waals surface area contributed by atoms with E-state index in [9.17, 15) is 18.0 Å². The van der Waals surface area contributed by atoms with E-state index in [1.54, 1.807) is 22.1 Å². The summed E-state index contributed by atoms with van der Waals surface area (Å²) in [5, 5.41) is 2.97. The fourth-order valence-electron chi connectivity index (χ4n) is 4.25. The molecule has 1 aromatic heterocycles. The first-order chi connectivity index (χ1) is 13.9. The monoisotopic (exact) mass is 421 g/mol. The van der Waals surface area contributed by atoms with Gasteiger partial charge in [0.05, 0.1) is 23.1 Å². The van der Waals surface area contributed by atoms with Gasteiger partial charge in [-0.1, -0.05) is 0 Å². The molecule has 10 heteroatoms. The van der Waals surface area contributed by atoms with Crippen LogP contribution in [0.15, 0.2) is 18.3 Å². The zero-order chi connectivity index (χ0) is 20.4. The first-order valence-electron chi connectivity index (χ1n) is 10.2. The van der Waals surface area contributed by atoms with E-state index in [1.807, 2.05) is 6.07 Å². The molecule has 0 aliphatic carbocycles. The Labute approximate surface area is 171 Å². The smallest absolute Gasteiger partial charge is 0.322 e. The molecule has 3 amide bonds. The first kappa shape index (κ1) is 19.9. The molecule has 3 aliphatic heterocycles. The van der Waals surface area contributed by atoms with Crippen LogP contribution in [-0.4, -0.2) is 85.9 Å². The first-order valence-corrected chi connectivity index (χ1v) is 12.0. The predicted octanol–water partition coefficient (Wildman–Crippen LogP) is 0.793. The van der Waals surface area contributed by atoms with Crippen LogP contribution in [0.2, 0.25) is 0 Å². The summed E-state index contributed by atoms with van der Waals surface area (Å²) in [7, 11) is -3.08. The minimum Gasteiger partial charge on any atom is -0.355 e. The summed E-state index contributed by atoms with van der Waals surface area (Å²) < 4.78 is 23.3. The summed E-state index contributed by atoms with van der Waals surface area (Å²) >= 11 is 0. The number of amides is 3. The molecular formula is C19H27N5O4S. The van der Waals surface area contributed by atoms with Gasteiger partial charge in [0.15, 0.2) is 15.7 Å². The maximum absolute atomic E-state index is 12.7. The second-order valence-electron chi connectivity index (χ2n) is 7.91. The van der Waals surface area contributed by atoms with Crippen molar-refractivity contribution in [2.45, 2.75) is 19.3 Å². The number of nitrogens with zero attached hydrogens (tertiary/aromatic N) is 4. The number of piperazine rings is 1. The Hall–Kier alpha value is -2.36. The molecule has 3 aliphatic rings. The number of urea groups is 1. The summed E-state index contributed by atoms with van der Waals surface area (Å²) in [5.41, 5.74) is 0.703. The Morgan fingerprint density at radius 3 is 2.38 bits per heavy atom. The van der Waals surface area contributed by atoms with Gasteiger partial charge < -0.3 is 20.0 Å². The van der Waals surface area contributed by atoms with Gasteiger partial charge in [-0.05, 0) is 31.4 Å². The van der Waals surface area contributed by atoms with Crippen molar-refractivity contribution in [2.24, 2.45) is 5.92 Å². The third kappa shape index (κ3) is 4.47. The number of pyridine rings is 1. The van der Waals surface area contributed by atoms with E-state index in [-0.39, 0.29) is 23.4 Å². The van der Waals surface area contributed by atoms with Crippen LogP contribution in [0, 0.1) is 5.92 Å². The molecule has 4 heterocycles. The summed E-state index contributed by atoms with van der Waals surface area (Å²) in [4.78, 5) is 35.3. The molecule has 3 fully saturated rings. The number of hydrogen-bond acceptors (Lipinski definition) is 6. The number of aromatic nitrogens is 1. The molecule has 1 N–H and O–H groups in total. The average molecular weight is 422 g/mol. The van der Waals surface area contributed by atoms with Gasteiger partial charge in [-0.3, -0.25) is 4.79 Å². The van der Waals surface area contributed by atoms with Crippen molar-refractivity contribution in [2.75, 3.05) is 61.0 Å². The number of rotatable bonds is 3. The number of nitrogens with one attached hydrogen (secondary N) is 1. The average Bonchev–Trinajstić information content (AvgIpc) is 3.37. The van der Waals surface area contributed by atoms with Gasteiger partial charge in [-0.25, -0.2) is 18.2 Å².